The van der Waals surface area contributed by atoms with Gasteiger partial charge >= 0.3 is 0 Å². The molecule has 0 aliphatic heterocycles. The van der Waals surface area contributed by atoms with Crippen molar-refractivity contribution < 1.29 is 19.2 Å². The van der Waals surface area contributed by atoms with Crippen molar-refractivity contribution in [1.29, 1.82) is 5.41 Å². The number of nitrogens with zero attached hydrogens (tertiary/aromatic N) is 7. The lowest BCUT2D eigenvalue weighted by molar-refractivity contribution is 0.0901. The molecule has 4 amide bonds. The minimum atomic E-state index is -0.581. The Kier molecular flexibility index (Phi) is 11.9. The topological polar surface area (TPSA) is 201 Å². The second kappa shape index (κ2) is 16.1. The van der Waals surface area contributed by atoms with Crippen LogP contribution < -0.4 is 26.7 Å². The summed E-state index contributed by atoms with van der Waals surface area (Å²) < 4.78 is 4.16. The third-order valence-corrected chi connectivity index (χ3v) is 7.37. The highest BCUT2D eigenvalue weighted by Crippen LogP contribution is 2.24. The van der Waals surface area contributed by atoms with Crippen LogP contribution in [0, 0.1) is 5.41 Å². The van der Waals surface area contributed by atoms with Crippen molar-refractivity contribution in [1.82, 2.24) is 34.5 Å². The van der Waals surface area contributed by atoms with Crippen molar-refractivity contribution in [2.45, 2.75) is 6.42 Å². The molecule has 0 unspecified atom stereocenters. The Hall–Kier alpha value is -5.19. The van der Waals surface area contributed by atoms with E-state index < -0.39 is 17.7 Å². The van der Waals surface area contributed by atoms with Gasteiger partial charge in [-0.2, -0.15) is 10.2 Å². The van der Waals surface area contributed by atoms with E-state index in [-0.39, 0.29) is 65.2 Å². The van der Waals surface area contributed by atoms with E-state index in [0.717, 1.165) is 0 Å². The molecule has 4 rings (SSSR count). The van der Waals surface area contributed by atoms with Gasteiger partial charge in [0.15, 0.2) is 11.6 Å². The van der Waals surface area contributed by atoms with Crippen molar-refractivity contribution in [3.63, 3.8) is 0 Å². The molecule has 0 fully saturated rings. The summed E-state index contributed by atoms with van der Waals surface area (Å²) in [5.41, 5.74) is 6.69. The van der Waals surface area contributed by atoms with Crippen molar-refractivity contribution in [2.75, 3.05) is 47.0 Å². The van der Waals surface area contributed by atoms with Gasteiger partial charge in [-0.3, -0.25) is 34.0 Å². The third-order valence-electron chi connectivity index (χ3n) is 7.04. The normalized spacial score (nSPS) is 11.0. The molecule has 0 aliphatic rings. The van der Waals surface area contributed by atoms with E-state index in [4.69, 9.17) is 34.3 Å². The molecule has 1 aromatic carbocycles. The number of hydrazine groups is 1. The quantitative estimate of drug-likeness (QED) is 0.0539. The average molecular weight is 700 g/mol. The molecular formula is C30H36Cl2N12O4. The summed E-state index contributed by atoms with van der Waals surface area (Å²) in [5.74, 6) is -1.23. The van der Waals surface area contributed by atoms with Gasteiger partial charge in [0.25, 0.3) is 23.6 Å². The van der Waals surface area contributed by atoms with Crippen LogP contribution >= 0.6 is 23.2 Å². The van der Waals surface area contributed by atoms with Crippen molar-refractivity contribution in [3.05, 3.63) is 77.4 Å². The first kappa shape index (κ1) is 35.7. The van der Waals surface area contributed by atoms with Crippen LogP contribution in [-0.4, -0.2) is 90.0 Å². The van der Waals surface area contributed by atoms with Gasteiger partial charge in [-0.1, -0.05) is 18.2 Å². The van der Waals surface area contributed by atoms with E-state index in [2.05, 4.69) is 26.1 Å². The van der Waals surface area contributed by atoms with Gasteiger partial charge < -0.3 is 26.3 Å². The molecule has 4 aromatic rings. The number of benzene rings is 1. The van der Waals surface area contributed by atoms with Gasteiger partial charge in [0.1, 0.15) is 17.1 Å². The molecule has 0 spiro atoms. The SMILES string of the molecule is Cn1cc(N(C(=O)c2ccccc2)N(CCCl)CCCl)cc1C(=O)Nc1cc(C(=O)Nc2cc(C(=O)NCCC(=N)N)n(C)n2)n(C)n1. The molecule has 16 nitrogen and oxygen atoms in total. The number of carbonyl (C=O) groups is 4. The standard InChI is InChI=1S/C30H36Cl2N12O4/c1-40-18-20(44(43(13-10-31)14-11-32)30(48)19-7-5-4-6-8-19)15-21(40)28(46)36-26-17-23(42(3)39-26)29(47)37-25-16-22(41(2)38-25)27(45)35-12-9-24(33)34/h4-8,15-18H,9-14H2,1-3H3,(H3,33,34)(H,35,45)(H,36,39,46)(H,37,38,47). The smallest absolute Gasteiger partial charge is 0.275 e. The molecule has 0 radical (unpaired) electrons. The van der Waals surface area contributed by atoms with E-state index >= 15 is 0 Å². The van der Waals surface area contributed by atoms with E-state index in [9.17, 15) is 19.2 Å². The number of amides is 4. The van der Waals surface area contributed by atoms with Crippen molar-refractivity contribution >= 4 is 70.0 Å². The molecule has 0 bridgehead atoms. The summed E-state index contributed by atoms with van der Waals surface area (Å²) in [7, 11) is 4.75. The summed E-state index contributed by atoms with van der Waals surface area (Å²) in [6.45, 7) is 0.839. The zero-order valence-corrected chi connectivity index (χ0v) is 28.0. The van der Waals surface area contributed by atoms with Gasteiger partial charge in [-0.05, 0) is 18.2 Å². The van der Waals surface area contributed by atoms with Crippen LogP contribution in [0.3, 0.4) is 0 Å². The van der Waals surface area contributed by atoms with E-state index in [1.54, 1.807) is 60.2 Å². The molecule has 254 valence electrons. The Morgan fingerprint density at radius 3 is 1.92 bits per heavy atom. The van der Waals surface area contributed by atoms with Crippen LogP contribution in [0.25, 0.3) is 0 Å². The highest BCUT2D eigenvalue weighted by atomic mass is 35.5. The average Bonchev–Trinajstić information content (AvgIpc) is 3.73. The fraction of sp³-hybridized carbons (Fsp3) is 0.300. The fourth-order valence-electron chi connectivity index (χ4n) is 4.75. The van der Waals surface area contributed by atoms with Crippen LogP contribution in [-0.2, 0) is 21.1 Å². The number of halogens is 2. The summed E-state index contributed by atoms with van der Waals surface area (Å²) in [5, 5.41) is 26.8. The summed E-state index contributed by atoms with van der Waals surface area (Å²) in [6, 6.07) is 13.1. The highest BCUT2D eigenvalue weighted by molar-refractivity contribution is 6.18. The number of anilines is 3. The van der Waals surface area contributed by atoms with Gasteiger partial charge in [0, 0.05) is 82.9 Å². The number of carbonyl (C=O) groups excluding carboxylic acids is 4. The van der Waals surface area contributed by atoms with E-state index in [1.165, 1.54) is 33.6 Å². The second-order valence-electron chi connectivity index (χ2n) is 10.5. The highest BCUT2D eigenvalue weighted by Gasteiger charge is 2.27. The minimum Gasteiger partial charge on any atom is -0.388 e. The first-order chi connectivity index (χ1) is 22.9. The molecule has 0 saturated heterocycles. The Bertz CT molecular complexity index is 1790. The maximum Gasteiger partial charge on any atom is 0.275 e. The number of hydrogen-bond acceptors (Lipinski definition) is 8. The number of nitrogens with one attached hydrogen (secondary N) is 4. The van der Waals surface area contributed by atoms with Crippen LogP contribution in [0.5, 0.6) is 0 Å². The summed E-state index contributed by atoms with van der Waals surface area (Å²) >= 11 is 12.1. The Morgan fingerprint density at radius 2 is 1.38 bits per heavy atom. The maximum atomic E-state index is 13.7. The molecule has 48 heavy (non-hydrogen) atoms. The largest absolute Gasteiger partial charge is 0.388 e. The Balaban J connectivity index is 1.50. The number of aromatic nitrogens is 5. The predicted octanol–water partition coefficient (Wildman–Crippen LogP) is 2.39. The van der Waals surface area contributed by atoms with Crippen LogP contribution in [0.4, 0.5) is 17.3 Å². The first-order valence-corrected chi connectivity index (χ1v) is 15.7. The molecular weight excluding hydrogens is 663 g/mol. The van der Waals surface area contributed by atoms with Crippen LogP contribution in [0.1, 0.15) is 48.2 Å². The van der Waals surface area contributed by atoms with Crippen LogP contribution in [0.15, 0.2) is 54.7 Å². The number of aryl methyl sites for hydroxylation is 3. The number of nitrogens with two attached hydrogens (primary N) is 1. The summed E-state index contributed by atoms with van der Waals surface area (Å²) in [6.07, 6.45) is 1.85. The number of hydrogen-bond donors (Lipinski definition) is 5. The Labute approximate surface area is 286 Å². The lowest BCUT2D eigenvalue weighted by Gasteiger charge is -2.33. The zero-order chi connectivity index (χ0) is 35.0. The lowest BCUT2D eigenvalue weighted by atomic mass is 10.2. The number of rotatable bonds is 15. The molecule has 0 aliphatic carbocycles. The molecule has 3 aromatic heterocycles. The number of amidine groups is 1. The Morgan fingerprint density at radius 1 is 0.833 bits per heavy atom. The fourth-order valence-corrected chi connectivity index (χ4v) is 5.14. The summed E-state index contributed by atoms with van der Waals surface area (Å²) in [4.78, 5) is 52.6. The molecule has 0 saturated carbocycles. The molecule has 6 N–H and O–H groups in total. The van der Waals surface area contributed by atoms with Crippen LogP contribution in [0.2, 0.25) is 0 Å². The lowest BCUT2D eigenvalue weighted by Crippen LogP contribution is -2.48. The third kappa shape index (κ3) is 8.58. The molecule has 0 atom stereocenters. The molecule has 3 heterocycles. The van der Waals surface area contributed by atoms with Crippen molar-refractivity contribution in [3.8, 4) is 0 Å². The van der Waals surface area contributed by atoms with Crippen molar-refractivity contribution in [2.24, 2.45) is 26.9 Å². The maximum absolute atomic E-state index is 13.7. The van der Waals surface area contributed by atoms with Gasteiger partial charge in [-0.15, -0.1) is 23.2 Å². The van der Waals surface area contributed by atoms with Gasteiger partial charge in [-0.25, -0.2) is 10.0 Å². The number of alkyl halides is 2. The van der Waals surface area contributed by atoms with Gasteiger partial charge in [0.05, 0.1) is 11.5 Å². The van der Waals surface area contributed by atoms with Gasteiger partial charge in [0.2, 0.25) is 0 Å². The van der Waals surface area contributed by atoms with E-state index in [0.29, 0.717) is 24.3 Å². The van der Waals surface area contributed by atoms with E-state index in [1.807, 2.05) is 6.07 Å². The zero-order valence-electron chi connectivity index (χ0n) is 26.5. The predicted molar refractivity (Wildman–Crippen MR) is 183 cm³/mol. The second-order valence-corrected chi connectivity index (χ2v) is 11.3. The molecule has 18 heteroatoms. The monoisotopic (exact) mass is 698 g/mol. The first-order valence-electron chi connectivity index (χ1n) is 14.7. The minimum absolute atomic E-state index is 0.0529.